The fourth-order valence-corrected chi connectivity index (χ4v) is 2.23. The number of azo groups is 1. The van der Waals surface area contributed by atoms with Crippen LogP contribution in [-0.2, 0) is 4.79 Å². The highest BCUT2D eigenvalue weighted by Gasteiger charge is 2.35. The average Bonchev–Trinajstić information content (AvgIpc) is 2.73. The molecule has 1 aromatic rings. The highest BCUT2D eigenvalue weighted by atomic mass is 79.9. The Balaban J connectivity index is 2.23. The molecular weight excluding hydrogens is 376 g/mol. The second kappa shape index (κ2) is 6.23. The minimum atomic E-state index is -0.913. The van der Waals surface area contributed by atoms with Crippen LogP contribution in [0.25, 0.3) is 0 Å². The van der Waals surface area contributed by atoms with Crippen molar-refractivity contribution in [2.24, 2.45) is 21.1 Å². The smallest absolute Gasteiger partial charge is 0.282 e. The number of rotatable bonds is 3. The number of nitro groups is 1. The Morgan fingerprint density at radius 2 is 2.27 bits per heavy atom. The van der Waals surface area contributed by atoms with Gasteiger partial charge >= 0.3 is 0 Å². The molecular formula is C11H9BrN6O3S. The molecule has 9 nitrogen and oxygen atoms in total. The van der Waals surface area contributed by atoms with Crippen LogP contribution in [0.15, 0.2) is 38.0 Å². The number of non-ortho nitro benzene ring substituents is 1. The molecule has 2 rings (SSSR count). The second-order valence-corrected chi connectivity index (χ2v) is 5.51. The van der Waals surface area contributed by atoms with Gasteiger partial charge in [0, 0.05) is 12.1 Å². The summed E-state index contributed by atoms with van der Waals surface area (Å²) in [6.45, 7) is 1.60. The van der Waals surface area contributed by atoms with Crippen LogP contribution in [0.2, 0.25) is 0 Å². The number of thiocarbonyl (C=S) groups is 1. The number of nitrogens with zero attached hydrogens (tertiary/aromatic N) is 5. The number of amides is 1. The molecule has 2 N–H and O–H groups in total. The summed E-state index contributed by atoms with van der Waals surface area (Å²) in [5, 5.41) is 23.1. The number of carbonyl (C=O) groups is 1. The molecule has 1 unspecified atom stereocenters. The van der Waals surface area contributed by atoms with Crippen molar-refractivity contribution in [3.63, 3.8) is 0 Å². The molecule has 1 heterocycles. The van der Waals surface area contributed by atoms with Gasteiger partial charge in [0.1, 0.15) is 0 Å². The maximum absolute atomic E-state index is 12.0. The van der Waals surface area contributed by atoms with Gasteiger partial charge in [-0.3, -0.25) is 14.9 Å². The van der Waals surface area contributed by atoms with Crippen LogP contribution in [-0.4, -0.2) is 32.7 Å². The molecule has 0 aromatic heterocycles. The van der Waals surface area contributed by atoms with Crippen LogP contribution in [0.5, 0.6) is 0 Å². The summed E-state index contributed by atoms with van der Waals surface area (Å²) in [6, 6.07) is 3.09. The van der Waals surface area contributed by atoms with Crippen molar-refractivity contribution in [2.45, 2.75) is 13.0 Å². The molecule has 0 bridgehead atoms. The minimum Gasteiger partial charge on any atom is -0.374 e. The molecule has 0 radical (unpaired) electrons. The molecule has 0 spiro atoms. The lowest BCUT2D eigenvalue weighted by Gasteiger charge is -2.08. The zero-order valence-electron chi connectivity index (χ0n) is 11.1. The van der Waals surface area contributed by atoms with Crippen molar-refractivity contribution in [1.29, 1.82) is 0 Å². The van der Waals surface area contributed by atoms with E-state index in [1.165, 1.54) is 18.2 Å². The van der Waals surface area contributed by atoms with Crippen molar-refractivity contribution < 1.29 is 9.72 Å². The summed E-state index contributed by atoms with van der Waals surface area (Å²) in [5.41, 5.74) is 6.04. The number of nitrogens with two attached hydrogens (primary N) is 1. The van der Waals surface area contributed by atoms with Crippen LogP contribution < -0.4 is 5.73 Å². The van der Waals surface area contributed by atoms with Gasteiger partial charge in [-0.1, -0.05) is 0 Å². The molecule has 0 saturated carbocycles. The molecule has 1 aromatic carbocycles. The van der Waals surface area contributed by atoms with Crippen LogP contribution in [0.1, 0.15) is 6.92 Å². The van der Waals surface area contributed by atoms with Crippen LogP contribution in [0.3, 0.4) is 0 Å². The molecule has 1 atom stereocenters. The first-order valence-corrected chi connectivity index (χ1v) is 7.04. The Hall–Kier alpha value is -2.27. The molecule has 1 amide bonds. The summed E-state index contributed by atoms with van der Waals surface area (Å²) in [6.07, 6.45) is 0. The topological polar surface area (TPSA) is 127 Å². The maximum atomic E-state index is 12.0. The standard InChI is InChI=1S/C11H9BrN6O3S/c1-5-9(10(19)17(16-5)11(13)22)15-14-8-3-2-6(18(20)21)4-7(8)12/h2-4,9H,1H3,(H2,13,22). The van der Waals surface area contributed by atoms with E-state index in [-0.39, 0.29) is 10.8 Å². The number of nitro benzene ring substituents is 1. The third-order valence-electron chi connectivity index (χ3n) is 2.73. The second-order valence-electron chi connectivity index (χ2n) is 4.24. The van der Waals surface area contributed by atoms with Gasteiger partial charge in [-0.2, -0.15) is 20.3 Å². The first-order valence-electron chi connectivity index (χ1n) is 5.84. The summed E-state index contributed by atoms with van der Waals surface area (Å²) in [7, 11) is 0. The summed E-state index contributed by atoms with van der Waals surface area (Å²) in [4.78, 5) is 22.1. The summed E-state index contributed by atoms with van der Waals surface area (Å²) in [5.74, 6) is -0.494. The minimum absolute atomic E-state index is 0.0832. The third-order valence-corrected chi connectivity index (χ3v) is 3.54. The van der Waals surface area contributed by atoms with E-state index in [0.29, 0.717) is 15.9 Å². The van der Waals surface area contributed by atoms with Gasteiger partial charge in [0.25, 0.3) is 11.6 Å². The predicted molar refractivity (Wildman–Crippen MR) is 85.8 cm³/mol. The van der Waals surface area contributed by atoms with Gasteiger partial charge in [0.15, 0.2) is 11.2 Å². The van der Waals surface area contributed by atoms with E-state index in [9.17, 15) is 14.9 Å². The van der Waals surface area contributed by atoms with Crippen molar-refractivity contribution in [2.75, 3.05) is 0 Å². The van der Waals surface area contributed by atoms with E-state index in [2.05, 4.69) is 31.3 Å². The molecule has 1 aliphatic heterocycles. The zero-order valence-corrected chi connectivity index (χ0v) is 13.5. The number of hydrogen-bond donors (Lipinski definition) is 1. The van der Waals surface area contributed by atoms with Gasteiger partial charge < -0.3 is 5.73 Å². The van der Waals surface area contributed by atoms with Crippen molar-refractivity contribution >= 4 is 56.3 Å². The Morgan fingerprint density at radius 3 is 2.77 bits per heavy atom. The van der Waals surface area contributed by atoms with Crippen molar-refractivity contribution in [3.8, 4) is 0 Å². The van der Waals surface area contributed by atoms with E-state index in [0.717, 1.165) is 5.01 Å². The highest BCUT2D eigenvalue weighted by Crippen LogP contribution is 2.30. The number of benzene rings is 1. The lowest BCUT2D eigenvalue weighted by atomic mass is 10.2. The predicted octanol–water partition coefficient (Wildman–Crippen LogP) is 2.27. The van der Waals surface area contributed by atoms with E-state index in [1.807, 2.05) is 0 Å². The summed E-state index contributed by atoms with van der Waals surface area (Å²) >= 11 is 7.87. The lowest BCUT2D eigenvalue weighted by molar-refractivity contribution is -0.384. The Kier molecular flexibility index (Phi) is 4.56. The Labute approximate surface area is 138 Å². The maximum Gasteiger partial charge on any atom is 0.282 e. The normalized spacial score (nSPS) is 17.9. The summed E-state index contributed by atoms with van der Waals surface area (Å²) < 4.78 is 0.386. The third kappa shape index (κ3) is 3.14. The largest absolute Gasteiger partial charge is 0.374 e. The number of carbonyl (C=O) groups excluding carboxylic acids is 1. The van der Waals surface area contributed by atoms with Crippen molar-refractivity contribution in [3.05, 3.63) is 32.8 Å². The molecule has 0 saturated heterocycles. The first-order chi connectivity index (χ1) is 10.3. The SMILES string of the molecule is CC1=NN(C(N)=S)C(=O)C1N=Nc1ccc([N+](=O)[O-])cc1Br. The average molecular weight is 385 g/mol. The molecule has 22 heavy (non-hydrogen) atoms. The number of hydrogen-bond acceptors (Lipinski definition) is 7. The van der Waals surface area contributed by atoms with Crippen LogP contribution >= 0.6 is 28.1 Å². The van der Waals surface area contributed by atoms with Gasteiger partial charge in [-0.15, -0.1) is 0 Å². The van der Waals surface area contributed by atoms with Crippen LogP contribution in [0, 0.1) is 10.1 Å². The van der Waals surface area contributed by atoms with E-state index >= 15 is 0 Å². The van der Waals surface area contributed by atoms with Crippen LogP contribution in [0.4, 0.5) is 11.4 Å². The molecule has 1 aliphatic rings. The van der Waals surface area contributed by atoms with E-state index in [4.69, 9.17) is 18.0 Å². The Bertz CT molecular complexity index is 735. The van der Waals surface area contributed by atoms with E-state index in [1.54, 1.807) is 6.92 Å². The van der Waals surface area contributed by atoms with Gasteiger partial charge in [0.2, 0.25) is 0 Å². The van der Waals surface area contributed by atoms with E-state index < -0.39 is 16.9 Å². The molecule has 0 fully saturated rings. The number of halogens is 1. The highest BCUT2D eigenvalue weighted by molar-refractivity contribution is 9.10. The van der Waals surface area contributed by atoms with Gasteiger partial charge in [0.05, 0.1) is 20.8 Å². The fourth-order valence-electron chi connectivity index (χ4n) is 1.66. The zero-order chi connectivity index (χ0) is 16.4. The Morgan fingerprint density at radius 1 is 1.59 bits per heavy atom. The first kappa shape index (κ1) is 16.1. The van der Waals surface area contributed by atoms with Crippen molar-refractivity contribution in [1.82, 2.24) is 5.01 Å². The quantitative estimate of drug-likeness (QED) is 0.370. The molecule has 0 aliphatic carbocycles. The fraction of sp³-hybridized carbons (Fsp3) is 0.182. The van der Waals surface area contributed by atoms with Gasteiger partial charge in [-0.05, 0) is 41.1 Å². The number of hydrazone groups is 1. The molecule has 114 valence electrons. The lowest BCUT2D eigenvalue weighted by Crippen LogP contribution is -2.37. The monoisotopic (exact) mass is 384 g/mol. The van der Waals surface area contributed by atoms with Gasteiger partial charge in [-0.25, -0.2) is 0 Å². The molecule has 11 heteroatoms.